The molecule has 0 saturated heterocycles. The summed E-state index contributed by atoms with van der Waals surface area (Å²) in [5, 5.41) is 3.16. The van der Waals surface area contributed by atoms with E-state index >= 15 is 0 Å². The Morgan fingerprint density at radius 2 is 0.806 bits per heavy atom. The minimum Gasteiger partial charge on any atom is -0.319 e. The topological polar surface area (TPSA) is 55.7 Å². The molecule has 10 rings (SSSR count). The largest absolute Gasteiger partial charge is 0.319 e. The van der Waals surface area contributed by atoms with Crippen molar-refractivity contribution in [2.45, 2.75) is 37.5 Å². The fourth-order valence-electron chi connectivity index (χ4n) is 9.56. The van der Waals surface area contributed by atoms with Gasteiger partial charge in [0.2, 0.25) is 0 Å². The lowest BCUT2D eigenvalue weighted by atomic mass is 9.65. The van der Waals surface area contributed by atoms with Crippen LogP contribution in [0.25, 0.3) is 78.3 Å². The maximum absolute atomic E-state index is 13.2. The van der Waals surface area contributed by atoms with Crippen molar-refractivity contribution in [3.05, 3.63) is 205 Å². The number of hydrogen-bond acceptors (Lipinski definition) is 4. The van der Waals surface area contributed by atoms with E-state index in [4.69, 9.17) is 15.0 Å². The lowest BCUT2D eigenvalue weighted by molar-refractivity contribution is 0.346. The van der Waals surface area contributed by atoms with Gasteiger partial charge >= 0.3 is 0 Å². The third-order valence-electron chi connectivity index (χ3n) is 12.8. The Labute approximate surface area is 364 Å². The van der Waals surface area contributed by atoms with E-state index in [1.165, 1.54) is 47.1 Å². The molecule has 0 atom stereocenters. The first-order valence-electron chi connectivity index (χ1n) is 21.7. The third-order valence-corrected chi connectivity index (χ3v) is 14.3. The zero-order chi connectivity index (χ0) is 42.1. The SMILES string of the molecule is CP(C)(=O)c1ccc(-c2ccc(C3(c4ccc(-c5nc(-c6ccc(-c7ccccc7)cc6)nc(-c6ccccc6-c6ccccc6)n5)cc4)CCCCC3)cc2)c2ccccc12. The van der Waals surface area contributed by atoms with Crippen LogP contribution < -0.4 is 5.30 Å². The number of nitrogens with zero attached hydrogens (tertiary/aromatic N) is 3. The molecule has 1 aromatic heterocycles. The van der Waals surface area contributed by atoms with Gasteiger partial charge in [0.15, 0.2) is 17.5 Å². The lowest BCUT2D eigenvalue weighted by Crippen LogP contribution is -2.30. The van der Waals surface area contributed by atoms with Gasteiger partial charge in [-0.2, -0.15) is 0 Å². The molecule has 0 bridgehead atoms. The third kappa shape index (κ3) is 7.61. The molecule has 0 amide bonds. The molecule has 4 nitrogen and oxygen atoms in total. The van der Waals surface area contributed by atoms with Crippen LogP contribution in [0, 0.1) is 0 Å². The number of rotatable bonds is 9. The van der Waals surface area contributed by atoms with Crippen molar-refractivity contribution in [2.24, 2.45) is 0 Å². The van der Waals surface area contributed by atoms with Crippen molar-refractivity contribution >= 4 is 23.2 Å². The van der Waals surface area contributed by atoms with Gasteiger partial charge in [0.05, 0.1) is 0 Å². The average Bonchev–Trinajstić information content (AvgIpc) is 3.34. The van der Waals surface area contributed by atoms with Crippen molar-refractivity contribution in [2.75, 3.05) is 13.3 Å². The van der Waals surface area contributed by atoms with E-state index in [9.17, 15) is 4.57 Å². The summed E-state index contributed by atoms with van der Waals surface area (Å²) in [6, 6.07) is 68.7. The van der Waals surface area contributed by atoms with E-state index in [0.717, 1.165) is 62.3 Å². The Balaban J connectivity index is 1.03. The molecule has 302 valence electrons. The van der Waals surface area contributed by atoms with Crippen LogP contribution >= 0.6 is 7.14 Å². The van der Waals surface area contributed by atoms with Crippen molar-refractivity contribution in [1.29, 1.82) is 0 Å². The first kappa shape index (κ1) is 39.4. The number of fused-ring (bicyclic) bond motifs is 1. The normalized spacial score (nSPS) is 13.8. The summed E-state index contributed by atoms with van der Waals surface area (Å²) in [5.74, 6) is 1.93. The smallest absolute Gasteiger partial charge is 0.164 e. The molecule has 0 aliphatic heterocycles. The Morgan fingerprint density at radius 1 is 0.371 bits per heavy atom. The van der Waals surface area contributed by atoms with Crippen LogP contribution in [0.3, 0.4) is 0 Å². The second-order valence-electron chi connectivity index (χ2n) is 17.0. The molecule has 1 heterocycles. The summed E-state index contributed by atoms with van der Waals surface area (Å²) in [6.07, 6.45) is 5.82. The molecule has 1 aliphatic carbocycles. The molecule has 1 aliphatic rings. The quantitative estimate of drug-likeness (QED) is 0.136. The highest BCUT2D eigenvalue weighted by atomic mass is 31.2. The van der Waals surface area contributed by atoms with E-state index in [1.54, 1.807) is 0 Å². The summed E-state index contributed by atoms with van der Waals surface area (Å²) in [6.45, 7) is 3.71. The molecule has 1 fully saturated rings. The van der Waals surface area contributed by atoms with Crippen molar-refractivity contribution in [3.63, 3.8) is 0 Å². The molecule has 9 aromatic rings. The van der Waals surface area contributed by atoms with Gasteiger partial charge in [-0.05, 0) is 81.5 Å². The highest BCUT2D eigenvalue weighted by Gasteiger charge is 2.36. The minimum absolute atomic E-state index is 0.0944. The van der Waals surface area contributed by atoms with Crippen LogP contribution in [0.1, 0.15) is 43.2 Å². The van der Waals surface area contributed by atoms with E-state index in [-0.39, 0.29) is 5.41 Å². The Kier molecular flexibility index (Phi) is 10.6. The van der Waals surface area contributed by atoms with Crippen LogP contribution in [-0.4, -0.2) is 28.3 Å². The van der Waals surface area contributed by atoms with Crippen LogP contribution in [-0.2, 0) is 9.98 Å². The Hall–Kier alpha value is -6.74. The monoisotopic (exact) mass is 821 g/mol. The standard InChI is InChI=1S/C57H48N3OP/c1-62(2,61)53-37-36-49(50-21-11-12-22-51(50)53)43-28-32-46(33-29-43)57(38-14-5-15-39-57)47-34-30-45(31-35-47)55-58-54(44-26-24-41(25-27-44)40-16-6-3-7-17-40)59-56(60-55)52-23-13-10-20-48(52)42-18-8-4-9-19-42/h3-4,6-13,16-37H,5,14-15,38-39H2,1-2H3. The molecule has 0 N–H and O–H groups in total. The fraction of sp³-hybridized carbons (Fsp3) is 0.140. The molecule has 1 saturated carbocycles. The predicted octanol–water partition coefficient (Wildman–Crippen LogP) is 14.5. The summed E-state index contributed by atoms with van der Waals surface area (Å²) in [5.41, 5.74) is 12.3. The second kappa shape index (κ2) is 16.6. The van der Waals surface area contributed by atoms with Gasteiger partial charge < -0.3 is 4.57 Å². The molecule has 62 heavy (non-hydrogen) atoms. The fourth-order valence-corrected chi connectivity index (χ4v) is 10.8. The molecule has 0 spiro atoms. The number of aromatic nitrogens is 3. The molecule has 5 heteroatoms. The van der Waals surface area contributed by atoms with Gasteiger partial charge in [-0.25, -0.2) is 15.0 Å². The van der Waals surface area contributed by atoms with E-state index in [2.05, 4.69) is 176 Å². The van der Waals surface area contributed by atoms with E-state index in [1.807, 2.05) is 31.5 Å². The summed E-state index contributed by atoms with van der Waals surface area (Å²) < 4.78 is 13.2. The van der Waals surface area contributed by atoms with Crippen molar-refractivity contribution in [1.82, 2.24) is 15.0 Å². The Bertz CT molecular complexity index is 3060. The zero-order valence-corrected chi connectivity index (χ0v) is 36.1. The van der Waals surface area contributed by atoms with E-state index < -0.39 is 7.14 Å². The number of benzene rings is 8. The van der Waals surface area contributed by atoms with Crippen LogP contribution in [0.5, 0.6) is 0 Å². The zero-order valence-electron chi connectivity index (χ0n) is 35.2. The first-order valence-corrected chi connectivity index (χ1v) is 24.3. The lowest BCUT2D eigenvalue weighted by Gasteiger charge is -2.39. The van der Waals surface area contributed by atoms with Crippen molar-refractivity contribution in [3.8, 4) is 67.5 Å². The van der Waals surface area contributed by atoms with Gasteiger partial charge in [0.25, 0.3) is 0 Å². The maximum atomic E-state index is 13.2. The van der Waals surface area contributed by atoms with E-state index in [0.29, 0.717) is 17.5 Å². The van der Waals surface area contributed by atoms with Crippen LogP contribution in [0.4, 0.5) is 0 Å². The highest BCUT2D eigenvalue weighted by molar-refractivity contribution is 7.70. The van der Waals surface area contributed by atoms with Crippen LogP contribution in [0.15, 0.2) is 194 Å². The number of hydrogen-bond donors (Lipinski definition) is 0. The summed E-state index contributed by atoms with van der Waals surface area (Å²) >= 11 is 0. The highest BCUT2D eigenvalue weighted by Crippen LogP contribution is 2.46. The van der Waals surface area contributed by atoms with Gasteiger partial charge in [-0.3, -0.25) is 0 Å². The molecule has 0 unspecified atom stereocenters. The van der Waals surface area contributed by atoms with Gasteiger partial charge in [0, 0.05) is 27.4 Å². The minimum atomic E-state index is -2.44. The molecule has 0 radical (unpaired) electrons. The molecular formula is C57H48N3OP. The van der Waals surface area contributed by atoms with Gasteiger partial charge in [-0.15, -0.1) is 0 Å². The van der Waals surface area contributed by atoms with Gasteiger partial charge in [0.1, 0.15) is 7.14 Å². The second-order valence-corrected chi connectivity index (χ2v) is 20.2. The molecule has 8 aromatic carbocycles. The summed E-state index contributed by atoms with van der Waals surface area (Å²) in [7, 11) is -2.44. The maximum Gasteiger partial charge on any atom is 0.164 e. The Morgan fingerprint density at radius 3 is 1.40 bits per heavy atom. The van der Waals surface area contributed by atoms with Gasteiger partial charge in [-0.1, -0.05) is 213 Å². The van der Waals surface area contributed by atoms with Crippen molar-refractivity contribution < 1.29 is 4.57 Å². The molecular weight excluding hydrogens is 774 g/mol. The predicted molar refractivity (Wildman–Crippen MR) is 259 cm³/mol. The first-order chi connectivity index (χ1) is 30.3. The average molecular weight is 822 g/mol. The summed E-state index contributed by atoms with van der Waals surface area (Å²) in [4.78, 5) is 15.5. The van der Waals surface area contributed by atoms with Crippen LogP contribution in [0.2, 0.25) is 0 Å².